The van der Waals surface area contributed by atoms with Crippen molar-refractivity contribution in [1.29, 1.82) is 0 Å². The number of aldehydes is 1. The predicted molar refractivity (Wildman–Crippen MR) is 254 cm³/mol. The minimum atomic E-state index is 0. The second-order valence-electron chi connectivity index (χ2n) is 12.3. The van der Waals surface area contributed by atoms with E-state index >= 15 is 0 Å². The molecule has 0 aliphatic carbocycles. The average molecular weight is 855 g/mol. The first-order valence-electron chi connectivity index (χ1n) is 18.2. The number of rotatable bonds is 11. The van der Waals surface area contributed by atoms with Gasteiger partial charge in [0.25, 0.3) is 0 Å². The number of hydrogen-bond acceptors (Lipinski definition) is 12. The molecule has 0 radical (unpaired) electrons. The monoisotopic (exact) mass is 854 g/mol. The predicted octanol–water partition coefficient (Wildman–Crippen LogP) is 7.52. The summed E-state index contributed by atoms with van der Waals surface area (Å²) in [4.78, 5) is 14.5. The third kappa shape index (κ3) is 19.0. The molecule has 0 fully saturated rings. The van der Waals surface area contributed by atoms with E-state index in [0.29, 0.717) is 16.4 Å². The van der Waals surface area contributed by atoms with Gasteiger partial charge in [-0.3, -0.25) is 21.9 Å². The quantitative estimate of drug-likeness (QED) is 0.0288. The van der Waals surface area contributed by atoms with Crippen LogP contribution in [0, 0.1) is 20.8 Å². The summed E-state index contributed by atoms with van der Waals surface area (Å²) in [5, 5.41) is 13.7. The van der Waals surface area contributed by atoms with E-state index in [4.69, 9.17) is 32.3 Å². The molecular formula is C45H58N8O5S2. The average Bonchev–Trinajstić information content (AvgIpc) is 3.27. The van der Waals surface area contributed by atoms with E-state index < -0.39 is 0 Å². The summed E-state index contributed by atoms with van der Waals surface area (Å²) in [7, 11) is 4.83. The Labute approximate surface area is 365 Å². The normalized spacial score (nSPS) is 10.6. The highest BCUT2D eigenvalue weighted by Crippen LogP contribution is 2.21. The molecule has 0 unspecified atom stereocenters. The first-order valence-corrected chi connectivity index (χ1v) is 19.1. The minimum Gasteiger partial charge on any atom is -0.496 e. The molecule has 0 aliphatic rings. The molecule has 0 saturated heterocycles. The molecule has 5 rings (SSSR count). The molecule has 13 nitrogen and oxygen atoms in total. The van der Waals surface area contributed by atoms with E-state index in [-0.39, 0.29) is 17.6 Å². The summed E-state index contributed by atoms with van der Waals surface area (Å²) < 4.78 is 15.5. The van der Waals surface area contributed by atoms with E-state index in [1.165, 1.54) is 11.1 Å². The Hall–Kier alpha value is -6.32. The summed E-state index contributed by atoms with van der Waals surface area (Å²) in [6.45, 7) is 9.93. The number of aliphatic imine (C=N–C) groups is 1. The Balaban J connectivity index is 0.000000805. The second-order valence-corrected chi connectivity index (χ2v) is 12.8. The lowest BCUT2D eigenvalue weighted by atomic mass is 10.1. The Morgan fingerprint density at radius 1 is 0.667 bits per heavy atom. The Morgan fingerprint density at radius 3 is 1.48 bits per heavy atom. The number of ether oxygens (including phenoxy) is 3. The number of methoxy groups -OCH3 is 3. The van der Waals surface area contributed by atoms with E-state index in [0.717, 1.165) is 45.6 Å². The van der Waals surface area contributed by atoms with Crippen molar-refractivity contribution in [3.63, 3.8) is 0 Å². The van der Waals surface area contributed by atoms with Gasteiger partial charge in [-0.2, -0.15) is 10.2 Å². The zero-order valence-corrected chi connectivity index (χ0v) is 37.0. The molecule has 0 bridgehead atoms. The van der Waals surface area contributed by atoms with Crippen LogP contribution < -0.4 is 42.5 Å². The van der Waals surface area contributed by atoms with Crippen LogP contribution >= 0.6 is 24.4 Å². The number of thiocarbonyl (C=S) groups is 2. The van der Waals surface area contributed by atoms with Crippen molar-refractivity contribution < 1.29 is 24.5 Å². The fourth-order valence-electron chi connectivity index (χ4n) is 5.15. The van der Waals surface area contributed by atoms with E-state index in [9.17, 15) is 4.79 Å². The van der Waals surface area contributed by atoms with E-state index in [1.807, 2.05) is 125 Å². The van der Waals surface area contributed by atoms with Gasteiger partial charge < -0.3 is 30.8 Å². The van der Waals surface area contributed by atoms with Crippen LogP contribution in [0.15, 0.2) is 130 Å². The van der Waals surface area contributed by atoms with Crippen molar-refractivity contribution in [3.8, 4) is 17.2 Å². The topological polar surface area (TPSA) is 215 Å². The van der Waals surface area contributed by atoms with Crippen molar-refractivity contribution in [3.05, 3.63) is 160 Å². The standard InChI is InChI=1S/C18H21N3OS.C9H12N2O.C9H9NS.C9H10O2.H4N2.H2O/c1-13-8-7-11-17(22-3)16(13)12-19-21-18(23)20-14(2)15-9-5-4-6-10-15;1-7-4-3-5-9(12-2)8(7)6-11-10;1-8(10-7-11)9-5-3-2-4-6-9;1-7-4-3-5-9(11-2)8(7)6-10;1-2;/h4-12,14H,1-3H3,(H2,20,21,23);3-6H,10H2,1-2H3;2-6,8H,1H3;3-6H,1-2H3;1-2H2;1H2/b19-12+;11-6+;;;;/t14-;;8-;;;/m1.1.../s1. The molecule has 5 aromatic carbocycles. The molecular weight excluding hydrogens is 797 g/mol. The van der Waals surface area contributed by atoms with Gasteiger partial charge in [-0.15, -0.1) is 0 Å². The maximum atomic E-state index is 10.5. The third-order valence-corrected chi connectivity index (χ3v) is 8.68. The molecule has 60 heavy (non-hydrogen) atoms. The molecule has 0 saturated carbocycles. The van der Waals surface area contributed by atoms with Crippen LogP contribution in [0.2, 0.25) is 0 Å². The van der Waals surface area contributed by atoms with Crippen molar-refractivity contribution >= 4 is 53.4 Å². The van der Waals surface area contributed by atoms with Crippen LogP contribution in [0.25, 0.3) is 0 Å². The van der Waals surface area contributed by atoms with Gasteiger partial charge in [0, 0.05) is 11.1 Å². The smallest absolute Gasteiger partial charge is 0.187 e. The number of hydrazine groups is 1. The Morgan fingerprint density at radius 2 is 1.08 bits per heavy atom. The highest BCUT2D eigenvalue weighted by molar-refractivity contribution is 7.80. The van der Waals surface area contributed by atoms with Crippen molar-refractivity contribution in [1.82, 2.24) is 10.7 Å². The first-order chi connectivity index (χ1) is 28.5. The number of nitrogens with one attached hydrogen (secondary N) is 2. The van der Waals surface area contributed by atoms with Gasteiger partial charge >= 0.3 is 0 Å². The maximum Gasteiger partial charge on any atom is 0.187 e. The Bertz CT molecular complexity index is 2100. The largest absolute Gasteiger partial charge is 0.496 e. The number of benzene rings is 5. The SMILES string of the molecule is COc1cccc(C)c1/C=N/N.COc1cccc(C)c1/C=N/NC(=S)N[C@H](C)c1ccccc1.COc1cccc(C)c1C=O.C[C@@H](N=C=S)c1ccccc1.NN.O. The molecule has 0 aliphatic heterocycles. The van der Waals surface area contributed by atoms with E-state index in [1.54, 1.807) is 39.8 Å². The number of nitrogens with two attached hydrogens (primary N) is 3. The van der Waals surface area contributed by atoms with E-state index in [2.05, 4.69) is 74.1 Å². The van der Waals surface area contributed by atoms with Crippen LogP contribution in [0.5, 0.6) is 17.2 Å². The van der Waals surface area contributed by atoms with Gasteiger partial charge in [-0.1, -0.05) is 97.1 Å². The lowest BCUT2D eigenvalue weighted by molar-refractivity contribution is 0.112. The number of carbonyl (C=O) groups is 1. The highest BCUT2D eigenvalue weighted by Gasteiger charge is 2.07. The summed E-state index contributed by atoms with van der Waals surface area (Å²) in [5.41, 5.74) is 10.8. The number of hydrogen-bond donors (Lipinski definition) is 5. The molecule has 0 spiro atoms. The zero-order valence-electron chi connectivity index (χ0n) is 35.4. The van der Waals surface area contributed by atoms with Crippen molar-refractivity contribution in [2.24, 2.45) is 32.7 Å². The fourth-order valence-corrected chi connectivity index (χ4v) is 5.53. The second kappa shape index (κ2) is 31.6. The van der Waals surface area contributed by atoms with Gasteiger partial charge in [0.1, 0.15) is 17.2 Å². The lowest BCUT2D eigenvalue weighted by Gasteiger charge is -2.15. The summed E-state index contributed by atoms with van der Waals surface area (Å²) in [6, 6.07) is 37.6. The molecule has 0 aromatic heterocycles. The van der Waals surface area contributed by atoms with Crippen LogP contribution in [-0.2, 0) is 0 Å². The molecule has 10 N–H and O–H groups in total. The van der Waals surface area contributed by atoms with Crippen molar-refractivity contribution in [2.45, 2.75) is 46.7 Å². The van der Waals surface area contributed by atoms with Crippen LogP contribution in [0.1, 0.15) is 75.2 Å². The van der Waals surface area contributed by atoms with Crippen molar-refractivity contribution in [2.75, 3.05) is 21.3 Å². The van der Waals surface area contributed by atoms with Gasteiger partial charge in [-0.25, -0.2) is 4.99 Å². The molecule has 0 amide bonds. The molecule has 0 heterocycles. The number of carbonyl (C=O) groups excluding carboxylic acids is 1. The first kappa shape index (κ1) is 53.7. The van der Waals surface area contributed by atoms with Gasteiger partial charge in [0.05, 0.1) is 56.6 Å². The molecule has 15 heteroatoms. The molecule has 5 aromatic rings. The van der Waals surface area contributed by atoms with Gasteiger partial charge in [0.15, 0.2) is 11.4 Å². The Kier molecular flexibility index (Phi) is 28.3. The number of hydrazone groups is 2. The van der Waals surface area contributed by atoms with Gasteiger partial charge in [0.2, 0.25) is 0 Å². The zero-order chi connectivity index (χ0) is 44.0. The van der Waals surface area contributed by atoms with Crippen LogP contribution in [0.3, 0.4) is 0 Å². The summed E-state index contributed by atoms with van der Waals surface area (Å²) in [6.07, 6.45) is 4.12. The number of isothiocyanates is 1. The number of nitrogens with zero attached hydrogens (tertiary/aromatic N) is 3. The fraction of sp³-hybridized carbons (Fsp3) is 0.222. The molecule has 320 valence electrons. The maximum absolute atomic E-state index is 10.5. The minimum absolute atomic E-state index is 0. The van der Waals surface area contributed by atoms with Crippen LogP contribution in [0.4, 0.5) is 0 Å². The van der Waals surface area contributed by atoms with Crippen LogP contribution in [-0.4, -0.2) is 55.8 Å². The number of aryl methyl sites for hydroxylation is 3. The highest BCUT2D eigenvalue weighted by atomic mass is 32.1. The summed E-state index contributed by atoms with van der Waals surface area (Å²) >= 11 is 9.78. The third-order valence-electron chi connectivity index (χ3n) is 8.37. The summed E-state index contributed by atoms with van der Waals surface area (Å²) in [5.74, 6) is 15.3. The van der Waals surface area contributed by atoms with Gasteiger partial charge in [-0.05, 0) is 105 Å². The lowest BCUT2D eigenvalue weighted by Crippen LogP contribution is -2.34. The molecule has 2 atom stereocenters.